The highest BCUT2D eigenvalue weighted by atomic mass is 16.5. The highest BCUT2D eigenvalue weighted by Gasteiger charge is 2.17. The summed E-state index contributed by atoms with van der Waals surface area (Å²) in [4.78, 5) is 0. The molecule has 1 rings (SSSR count). The lowest BCUT2D eigenvalue weighted by atomic mass is 9.98. The predicted octanol–water partition coefficient (Wildman–Crippen LogP) is 4.76. The summed E-state index contributed by atoms with van der Waals surface area (Å²) in [6.45, 7) is 11.4. The lowest BCUT2D eigenvalue weighted by Gasteiger charge is -2.08. The zero-order valence-electron chi connectivity index (χ0n) is 13.9. The van der Waals surface area contributed by atoms with Gasteiger partial charge in [0, 0.05) is 12.5 Å². The fourth-order valence-corrected chi connectivity index (χ4v) is 2.27. The van der Waals surface area contributed by atoms with E-state index in [9.17, 15) is 0 Å². The maximum Gasteiger partial charge on any atom is 0.358 e. The number of ether oxygens (including phenoxy) is 1. The maximum absolute atomic E-state index is 5.87. The summed E-state index contributed by atoms with van der Waals surface area (Å²) in [5.74, 6) is 3.05. The molecule has 0 bridgehead atoms. The van der Waals surface area contributed by atoms with Gasteiger partial charge in [0.15, 0.2) is 5.76 Å². The Labute approximate surface area is 129 Å². The Morgan fingerprint density at radius 3 is 2.67 bits per heavy atom. The normalized spacial score (nSPS) is 17.7. The second-order valence-electron chi connectivity index (χ2n) is 6.09. The molecule has 0 N–H and O–H groups in total. The molecule has 0 aromatic heterocycles. The maximum atomic E-state index is 5.87. The van der Waals surface area contributed by atoms with E-state index in [1.165, 1.54) is 19.3 Å². The van der Waals surface area contributed by atoms with Crippen molar-refractivity contribution in [3.8, 4) is 0 Å². The molecule has 2 nitrogen and oxygen atoms in total. The number of rotatable bonds is 9. The topological polar surface area (TPSA) is 20.5 Å². The average Bonchev–Trinajstić information content (AvgIpc) is 2.47. The first-order valence-corrected chi connectivity index (χ1v) is 7.91. The fourth-order valence-electron chi connectivity index (χ4n) is 2.27. The second kappa shape index (κ2) is 9.41. The van der Waals surface area contributed by atoms with Crippen molar-refractivity contribution in [1.29, 1.82) is 0 Å². The molecule has 0 amide bonds. The number of hydrogen-bond donors (Lipinski definition) is 0. The van der Waals surface area contributed by atoms with Gasteiger partial charge in [-0.3, -0.25) is 4.42 Å². The van der Waals surface area contributed by atoms with Crippen LogP contribution in [0.25, 0.3) is 0 Å². The van der Waals surface area contributed by atoms with Gasteiger partial charge in [0.2, 0.25) is 0 Å². The van der Waals surface area contributed by atoms with Gasteiger partial charge in [-0.05, 0) is 11.8 Å². The third kappa shape index (κ3) is 6.64. The Bertz CT molecular complexity index is 460. The van der Waals surface area contributed by atoms with Crippen molar-refractivity contribution >= 4 is 5.78 Å². The van der Waals surface area contributed by atoms with Gasteiger partial charge in [0.1, 0.15) is 0 Å². The molecule has 21 heavy (non-hydrogen) atoms. The van der Waals surface area contributed by atoms with Gasteiger partial charge in [-0.1, -0.05) is 58.4 Å². The molecule has 1 aliphatic rings. The quantitative estimate of drug-likeness (QED) is 0.443. The van der Waals surface area contributed by atoms with E-state index in [2.05, 4.69) is 33.1 Å². The smallest absolute Gasteiger partial charge is 0.358 e. The summed E-state index contributed by atoms with van der Waals surface area (Å²) in [7, 11) is 1.64. The number of allylic oxidation sites excluding steroid dienone is 3. The zero-order chi connectivity index (χ0) is 15.7. The van der Waals surface area contributed by atoms with Crippen LogP contribution in [0.3, 0.4) is 0 Å². The Morgan fingerprint density at radius 2 is 2.05 bits per heavy atom. The van der Waals surface area contributed by atoms with Gasteiger partial charge in [0.05, 0.1) is 18.8 Å². The molecule has 0 spiro atoms. The van der Waals surface area contributed by atoms with Crippen molar-refractivity contribution in [2.24, 2.45) is 11.8 Å². The molecule has 2 heteroatoms. The van der Waals surface area contributed by atoms with Crippen LogP contribution < -0.4 is 0 Å². The molecule has 1 aliphatic carbocycles. The second-order valence-corrected chi connectivity index (χ2v) is 6.09. The van der Waals surface area contributed by atoms with E-state index < -0.39 is 0 Å². The molecule has 0 aromatic rings. The molecule has 0 aromatic carbocycles. The summed E-state index contributed by atoms with van der Waals surface area (Å²) in [5, 5.41) is 0. The summed E-state index contributed by atoms with van der Waals surface area (Å²) in [5.41, 5.74) is 4.01. The van der Waals surface area contributed by atoms with Crippen molar-refractivity contribution in [2.75, 3.05) is 13.7 Å². The van der Waals surface area contributed by atoms with Crippen molar-refractivity contribution in [3.63, 3.8) is 0 Å². The molecule has 0 fully saturated rings. The number of hydrogen-bond acceptors (Lipinski definition) is 1. The van der Waals surface area contributed by atoms with Crippen LogP contribution in [0, 0.1) is 11.8 Å². The van der Waals surface area contributed by atoms with Gasteiger partial charge in [0.25, 0.3) is 6.61 Å². The van der Waals surface area contributed by atoms with Crippen LogP contribution in [0.15, 0.2) is 41.9 Å². The minimum atomic E-state index is 0.707. The van der Waals surface area contributed by atoms with Crippen LogP contribution in [0.5, 0.6) is 0 Å². The molecular formula is C19H29O2+. The van der Waals surface area contributed by atoms with Gasteiger partial charge >= 0.3 is 5.78 Å². The largest absolute Gasteiger partial charge is 0.489 e. The first kappa shape index (κ1) is 17.5. The van der Waals surface area contributed by atoms with Crippen LogP contribution in [-0.2, 0) is 9.16 Å². The van der Waals surface area contributed by atoms with E-state index in [-0.39, 0.29) is 0 Å². The van der Waals surface area contributed by atoms with Crippen LogP contribution in [-0.4, -0.2) is 19.5 Å². The van der Waals surface area contributed by atoms with Crippen LogP contribution in [0.4, 0.5) is 0 Å². The molecule has 0 aliphatic heterocycles. The van der Waals surface area contributed by atoms with E-state index in [4.69, 9.17) is 9.16 Å². The minimum absolute atomic E-state index is 0.707. The third-order valence-corrected chi connectivity index (χ3v) is 3.70. The molecular weight excluding hydrogens is 260 g/mol. The Morgan fingerprint density at radius 1 is 1.29 bits per heavy atom. The molecule has 0 heterocycles. The molecule has 116 valence electrons. The van der Waals surface area contributed by atoms with Gasteiger partial charge in [-0.25, -0.2) is 0 Å². The summed E-state index contributed by atoms with van der Waals surface area (Å²) in [6.07, 6.45) is 10.5. The van der Waals surface area contributed by atoms with Crippen molar-refractivity contribution < 1.29 is 9.16 Å². The zero-order valence-corrected chi connectivity index (χ0v) is 13.9. The number of ketones is 1. The first-order chi connectivity index (χ1) is 10.1. The molecule has 1 unspecified atom stereocenters. The highest BCUT2D eigenvalue weighted by molar-refractivity contribution is 6.07. The van der Waals surface area contributed by atoms with Crippen LogP contribution >= 0.6 is 0 Å². The summed E-state index contributed by atoms with van der Waals surface area (Å²) < 4.78 is 11.0. The number of carbonyl (C=O) groups excluding carboxylic acids is 1. The predicted molar refractivity (Wildman–Crippen MR) is 89.2 cm³/mol. The third-order valence-electron chi connectivity index (χ3n) is 3.70. The molecule has 0 saturated carbocycles. The molecule has 1 atom stereocenters. The standard InChI is InChI=1S/C19H29O2/c1-6-17-14-18(20-5)10-11-19(17)21-13-12-16(4)9-7-8-15(2)3/h6,11,14-16H,1,7-9,12-13H2,2-5H3/q+1. The van der Waals surface area contributed by atoms with E-state index in [0.717, 1.165) is 30.3 Å². The molecule has 0 radical (unpaired) electrons. The van der Waals surface area contributed by atoms with Gasteiger partial charge in [-0.2, -0.15) is 0 Å². The van der Waals surface area contributed by atoms with Crippen molar-refractivity contribution in [2.45, 2.75) is 46.5 Å². The summed E-state index contributed by atoms with van der Waals surface area (Å²) in [6, 6.07) is 0. The monoisotopic (exact) mass is 289 g/mol. The summed E-state index contributed by atoms with van der Waals surface area (Å²) >= 11 is 0. The Balaban J connectivity index is 2.44. The highest BCUT2D eigenvalue weighted by Crippen LogP contribution is 2.15. The van der Waals surface area contributed by atoms with Crippen molar-refractivity contribution in [3.05, 3.63) is 41.9 Å². The van der Waals surface area contributed by atoms with Crippen molar-refractivity contribution in [1.82, 2.24) is 0 Å². The van der Waals surface area contributed by atoms with Crippen LogP contribution in [0.1, 0.15) is 46.5 Å². The first-order valence-electron chi connectivity index (χ1n) is 7.91. The Kier molecular flexibility index (Phi) is 7.85. The van der Waals surface area contributed by atoms with Gasteiger partial charge in [-0.15, -0.1) is 0 Å². The fraction of sp³-hybridized carbons (Fsp3) is 0.579. The lowest BCUT2D eigenvalue weighted by Crippen LogP contribution is -2.08. The van der Waals surface area contributed by atoms with E-state index in [1.54, 1.807) is 13.2 Å². The minimum Gasteiger partial charge on any atom is -0.489 e. The number of methoxy groups -OCH3 is 1. The van der Waals surface area contributed by atoms with E-state index >= 15 is 0 Å². The average molecular weight is 289 g/mol. The Hall–Kier alpha value is -1.53. The lowest BCUT2D eigenvalue weighted by molar-refractivity contribution is -0.457. The van der Waals surface area contributed by atoms with Crippen LogP contribution in [0.2, 0.25) is 0 Å². The van der Waals surface area contributed by atoms with E-state index in [1.807, 2.05) is 12.2 Å². The van der Waals surface area contributed by atoms with Gasteiger partial charge < -0.3 is 4.74 Å². The molecule has 0 saturated heterocycles. The SMILES string of the molecule is C=CC1=CC(OC)=C=CC1=[O+]CCC(C)CCCC(C)C. The van der Waals surface area contributed by atoms with E-state index in [0.29, 0.717) is 11.7 Å².